The molecule has 1 unspecified atom stereocenters. The molecule has 0 saturated heterocycles. The van der Waals surface area contributed by atoms with Crippen LogP contribution in [0.2, 0.25) is 0 Å². The summed E-state index contributed by atoms with van der Waals surface area (Å²) in [6, 6.07) is 7.76. The first-order chi connectivity index (χ1) is 8.19. The topological polar surface area (TPSA) is 47.6 Å². The van der Waals surface area contributed by atoms with Crippen LogP contribution in [0.1, 0.15) is 5.56 Å². The van der Waals surface area contributed by atoms with Gasteiger partial charge in [-0.15, -0.1) is 0 Å². The summed E-state index contributed by atoms with van der Waals surface area (Å²) in [6.07, 6.45) is 0. The van der Waals surface area contributed by atoms with Crippen LogP contribution in [-0.4, -0.2) is 31.6 Å². The van der Waals surface area contributed by atoms with Gasteiger partial charge in [-0.2, -0.15) is 0 Å². The molecule has 0 fully saturated rings. The smallest absolute Gasteiger partial charge is 0.320 e. The standard InChI is InChI=1S/C12H16BrNO3/c1-16-11-6-4-3-5-9(11)7-14-8-10(13)12(15)17-2/h3-6,10,14H,7-8H2,1-2H3. The molecule has 0 aromatic heterocycles. The molecule has 1 atom stereocenters. The molecule has 0 aliphatic rings. The molecule has 94 valence electrons. The molecule has 0 aliphatic heterocycles. The number of carbonyl (C=O) groups is 1. The van der Waals surface area contributed by atoms with Crippen molar-refractivity contribution in [1.82, 2.24) is 5.32 Å². The van der Waals surface area contributed by atoms with Gasteiger partial charge in [0.15, 0.2) is 0 Å². The van der Waals surface area contributed by atoms with Gasteiger partial charge < -0.3 is 14.8 Å². The molecule has 1 aromatic carbocycles. The maximum Gasteiger partial charge on any atom is 0.320 e. The number of rotatable bonds is 6. The van der Waals surface area contributed by atoms with Crippen LogP contribution in [0, 0.1) is 0 Å². The van der Waals surface area contributed by atoms with Crippen molar-refractivity contribution in [2.24, 2.45) is 0 Å². The first kappa shape index (κ1) is 14.0. The Morgan fingerprint density at radius 1 is 1.41 bits per heavy atom. The third kappa shape index (κ3) is 4.36. The number of alkyl halides is 1. The van der Waals surface area contributed by atoms with Crippen LogP contribution < -0.4 is 10.1 Å². The van der Waals surface area contributed by atoms with E-state index >= 15 is 0 Å². The summed E-state index contributed by atoms with van der Waals surface area (Å²) >= 11 is 3.24. The summed E-state index contributed by atoms with van der Waals surface area (Å²) in [4.78, 5) is 10.8. The normalized spacial score (nSPS) is 11.9. The lowest BCUT2D eigenvalue weighted by molar-refractivity contribution is -0.139. The highest BCUT2D eigenvalue weighted by molar-refractivity contribution is 9.10. The van der Waals surface area contributed by atoms with Gasteiger partial charge in [0, 0.05) is 18.7 Å². The van der Waals surface area contributed by atoms with Crippen molar-refractivity contribution >= 4 is 21.9 Å². The van der Waals surface area contributed by atoms with E-state index in [2.05, 4.69) is 26.0 Å². The molecule has 0 radical (unpaired) electrons. The number of hydrogen-bond donors (Lipinski definition) is 1. The summed E-state index contributed by atoms with van der Waals surface area (Å²) in [5, 5.41) is 3.16. The predicted molar refractivity (Wildman–Crippen MR) is 69.4 cm³/mol. The zero-order valence-corrected chi connectivity index (χ0v) is 11.5. The Hall–Kier alpha value is -1.07. The Morgan fingerprint density at radius 3 is 2.76 bits per heavy atom. The van der Waals surface area contributed by atoms with Crippen LogP contribution in [0.3, 0.4) is 0 Å². The maximum absolute atomic E-state index is 11.1. The molecule has 0 heterocycles. The van der Waals surface area contributed by atoms with Crippen LogP contribution in [0.15, 0.2) is 24.3 Å². The Labute approximate surface area is 109 Å². The lowest BCUT2D eigenvalue weighted by Crippen LogP contribution is -2.29. The van der Waals surface area contributed by atoms with E-state index in [1.807, 2.05) is 24.3 Å². The monoisotopic (exact) mass is 301 g/mol. The van der Waals surface area contributed by atoms with Gasteiger partial charge in [-0.25, -0.2) is 0 Å². The lowest BCUT2D eigenvalue weighted by atomic mass is 10.2. The highest BCUT2D eigenvalue weighted by Gasteiger charge is 2.14. The molecule has 17 heavy (non-hydrogen) atoms. The van der Waals surface area contributed by atoms with Crippen LogP contribution in [0.4, 0.5) is 0 Å². The second-order valence-electron chi connectivity index (χ2n) is 3.43. The van der Waals surface area contributed by atoms with Gasteiger partial charge in [0.25, 0.3) is 0 Å². The minimum Gasteiger partial charge on any atom is -0.496 e. The van der Waals surface area contributed by atoms with Crippen molar-refractivity contribution in [3.05, 3.63) is 29.8 Å². The molecule has 0 aliphatic carbocycles. The van der Waals surface area contributed by atoms with Gasteiger partial charge in [0.2, 0.25) is 0 Å². The van der Waals surface area contributed by atoms with Crippen LogP contribution in [0.25, 0.3) is 0 Å². The Balaban J connectivity index is 2.43. The Kier molecular flexibility index (Phi) is 6.00. The molecule has 4 nitrogen and oxygen atoms in total. The fraction of sp³-hybridized carbons (Fsp3) is 0.417. The average Bonchev–Trinajstić information content (AvgIpc) is 2.38. The second kappa shape index (κ2) is 7.29. The van der Waals surface area contributed by atoms with E-state index in [-0.39, 0.29) is 10.8 Å². The van der Waals surface area contributed by atoms with Crippen molar-refractivity contribution < 1.29 is 14.3 Å². The highest BCUT2D eigenvalue weighted by atomic mass is 79.9. The molecule has 0 bridgehead atoms. The molecule has 0 saturated carbocycles. The number of ether oxygens (including phenoxy) is 2. The molecular formula is C12H16BrNO3. The van der Waals surface area contributed by atoms with Gasteiger partial charge >= 0.3 is 5.97 Å². The SMILES string of the molecule is COC(=O)C(Br)CNCc1ccccc1OC. The maximum atomic E-state index is 11.1. The van der Waals surface area contributed by atoms with Crippen molar-refractivity contribution in [1.29, 1.82) is 0 Å². The molecule has 1 N–H and O–H groups in total. The Morgan fingerprint density at radius 2 is 2.12 bits per heavy atom. The van der Waals surface area contributed by atoms with E-state index in [9.17, 15) is 4.79 Å². The number of para-hydroxylation sites is 1. The number of carbonyl (C=O) groups excluding carboxylic acids is 1. The van der Waals surface area contributed by atoms with E-state index in [1.54, 1.807) is 7.11 Å². The summed E-state index contributed by atoms with van der Waals surface area (Å²) < 4.78 is 9.84. The van der Waals surface area contributed by atoms with Crippen molar-refractivity contribution in [2.75, 3.05) is 20.8 Å². The average molecular weight is 302 g/mol. The first-order valence-corrected chi connectivity index (χ1v) is 6.15. The molecular weight excluding hydrogens is 286 g/mol. The van der Waals surface area contributed by atoms with Gasteiger partial charge in [0.1, 0.15) is 10.6 Å². The van der Waals surface area contributed by atoms with Crippen LogP contribution >= 0.6 is 15.9 Å². The number of nitrogens with one attached hydrogen (secondary N) is 1. The van der Waals surface area contributed by atoms with Crippen LogP contribution in [0.5, 0.6) is 5.75 Å². The lowest BCUT2D eigenvalue weighted by Gasteiger charge is -2.11. The molecule has 0 spiro atoms. The van der Waals surface area contributed by atoms with E-state index < -0.39 is 0 Å². The van der Waals surface area contributed by atoms with E-state index in [1.165, 1.54) is 7.11 Å². The van der Waals surface area contributed by atoms with E-state index in [0.29, 0.717) is 13.1 Å². The van der Waals surface area contributed by atoms with Gasteiger partial charge in [-0.05, 0) is 6.07 Å². The third-order valence-corrected chi connectivity index (χ3v) is 2.99. The number of methoxy groups -OCH3 is 2. The number of esters is 1. The van der Waals surface area contributed by atoms with Gasteiger partial charge in [-0.3, -0.25) is 4.79 Å². The Bertz CT molecular complexity index is 371. The number of hydrogen-bond acceptors (Lipinski definition) is 4. The fourth-order valence-corrected chi connectivity index (χ4v) is 1.81. The molecule has 5 heteroatoms. The fourth-order valence-electron chi connectivity index (χ4n) is 1.39. The summed E-state index contributed by atoms with van der Waals surface area (Å²) in [7, 11) is 3.01. The van der Waals surface area contributed by atoms with Gasteiger partial charge in [-0.1, -0.05) is 34.1 Å². The molecule has 1 rings (SSSR count). The number of benzene rings is 1. The predicted octanol–water partition coefficient (Wildman–Crippen LogP) is 1.72. The highest BCUT2D eigenvalue weighted by Crippen LogP contribution is 2.16. The largest absolute Gasteiger partial charge is 0.496 e. The minimum absolute atomic E-state index is 0.280. The van der Waals surface area contributed by atoms with Gasteiger partial charge in [0.05, 0.1) is 14.2 Å². The zero-order valence-electron chi connectivity index (χ0n) is 9.90. The second-order valence-corrected chi connectivity index (χ2v) is 4.54. The van der Waals surface area contributed by atoms with Crippen molar-refractivity contribution in [3.63, 3.8) is 0 Å². The van der Waals surface area contributed by atoms with Crippen LogP contribution in [-0.2, 0) is 16.1 Å². The zero-order chi connectivity index (χ0) is 12.7. The molecule has 1 aromatic rings. The molecule has 0 amide bonds. The van der Waals surface area contributed by atoms with E-state index in [0.717, 1.165) is 11.3 Å². The summed E-state index contributed by atoms with van der Waals surface area (Å²) in [6.45, 7) is 1.15. The third-order valence-electron chi connectivity index (χ3n) is 2.29. The van der Waals surface area contributed by atoms with Crippen molar-refractivity contribution in [2.45, 2.75) is 11.4 Å². The summed E-state index contributed by atoms with van der Waals surface area (Å²) in [5.74, 6) is 0.557. The van der Waals surface area contributed by atoms with Crippen molar-refractivity contribution in [3.8, 4) is 5.75 Å². The van der Waals surface area contributed by atoms with E-state index in [4.69, 9.17) is 4.74 Å². The quantitative estimate of drug-likeness (QED) is 0.642. The minimum atomic E-state index is -0.331. The number of halogens is 1. The summed E-state index contributed by atoms with van der Waals surface area (Å²) in [5.41, 5.74) is 1.06. The first-order valence-electron chi connectivity index (χ1n) is 5.23.